The first kappa shape index (κ1) is 21.6. The summed E-state index contributed by atoms with van der Waals surface area (Å²) in [5.74, 6) is -1.91. The van der Waals surface area contributed by atoms with E-state index in [4.69, 9.17) is 0 Å². The predicted octanol–water partition coefficient (Wildman–Crippen LogP) is 2.58. The number of aryl methyl sites for hydroxylation is 2. The monoisotopic (exact) mass is 439 g/mol. The van der Waals surface area contributed by atoms with Crippen molar-refractivity contribution in [2.75, 3.05) is 13.1 Å². The molecule has 1 fully saturated rings. The second kappa shape index (κ2) is 9.67. The van der Waals surface area contributed by atoms with E-state index in [9.17, 15) is 18.4 Å². The molecule has 2 amide bonds. The SMILES string of the molecule is O=C(NCC1CC(=O)N(Cc2ccc(F)cc2F)C1)c1cn(CCc2ccccc2)nn1. The molecule has 0 radical (unpaired) electrons. The highest BCUT2D eigenvalue weighted by molar-refractivity contribution is 5.91. The minimum Gasteiger partial charge on any atom is -0.350 e. The molecule has 1 atom stereocenters. The lowest BCUT2D eigenvalue weighted by Gasteiger charge is -2.17. The summed E-state index contributed by atoms with van der Waals surface area (Å²) in [4.78, 5) is 26.2. The minimum absolute atomic E-state index is 0.0745. The van der Waals surface area contributed by atoms with E-state index in [-0.39, 0.29) is 42.0 Å². The van der Waals surface area contributed by atoms with Crippen LogP contribution in [0.4, 0.5) is 8.78 Å². The normalized spacial score (nSPS) is 15.9. The molecule has 2 aromatic carbocycles. The van der Waals surface area contributed by atoms with Gasteiger partial charge in [-0.1, -0.05) is 41.6 Å². The van der Waals surface area contributed by atoms with E-state index in [2.05, 4.69) is 15.6 Å². The molecule has 0 aliphatic carbocycles. The lowest BCUT2D eigenvalue weighted by atomic mass is 10.1. The standard InChI is InChI=1S/C23H23F2N5O2/c24-19-7-6-18(20(25)11-19)14-29-13-17(10-22(29)31)12-26-23(32)21-15-30(28-27-21)9-8-16-4-2-1-3-5-16/h1-7,11,15,17H,8-10,12-14H2,(H,26,32). The van der Waals surface area contributed by atoms with E-state index >= 15 is 0 Å². The number of aromatic nitrogens is 3. The Morgan fingerprint density at radius 1 is 1.16 bits per heavy atom. The van der Waals surface area contributed by atoms with E-state index in [1.165, 1.54) is 22.6 Å². The van der Waals surface area contributed by atoms with Gasteiger partial charge < -0.3 is 10.2 Å². The van der Waals surface area contributed by atoms with Crippen molar-refractivity contribution in [3.63, 3.8) is 0 Å². The number of hydrogen-bond acceptors (Lipinski definition) is 4. The first-order valence-electron chi connectivity index (χ1n) is 10.4. The molecule has 1 saturated heterocycles. The van der Waals surface area contributed by atoms with E-state index in [1.807, 2.05) is 30.3 Å². The van der Waals surface area contributed by atoms with Gasteiger partial charge in [0.2, 0.25) is 5.91 Å². The zero-order valence-corrected chi connectivity index (χ0v) is 17.4. The Kier molecular flexibility index (Phi) is 6.53. The topological polar surface area (TPSA) is 80.1 Å². The average molecular weight is 439 g/mol. The zero-order chi connectivity index (χ0) is 22.5. The summed E-state index contributed by atoms with van der Waals surface area (Å²) in [6.45, 7) is 1.37. The van der Waals surface area contributed by atoms with Crippen LogP contribution >= 0.6 is 0 Å². The molecule has 3 aromatic rings. The lowest BCUT2D eigenvalue weighted by molar-refractivity contribution is -0.128. The Balaban J connectivity index is 1.25. The van der Waals surface area contributed by atoms with Crippen LogP contribution in [-0.4, -0.2) is 44.8 Å². The smallest absolute Gasteiger partial charge is 0.273 e. The molecule has 32 heavy (non-hydrogen) atoms. The van der Waals surface area contributed by atoms with Crippen LogP contribution in [-0.2, 0) is 24.3 Å². The molecule has 9 heteroatoms. The lowest BCUT2D eigenvalue weighted by Crippen LogP contribution is -2.31. The van der Waals surface area contributed by atoms with Crippen molar-refractivity contribution in [2.24, 2.45) is 5.92 Å². The quantitative estimate of drug-likeness (QED) is 0.585. The van der Waals surface area contributed by atoms with Gasteiger partial charge in [0, 0.05) is 50.1 Å². The van der Waals surface area contributed by atoms with Crippen LogP contribution in [0.25, 0.3) is 0 Å². The number of likely N-dealkylation sites (tertiary alicyclic amines) is 1. The first-order chi connectivity index (χ1) is 15.5. The third-order valence-electron chi connectivity index (χ3n) is 5.47. The number of amides is 2. The van der Waals surface area contributed by atoms with E-state index in [0.29, 0.717) is 19.6 Å². The maximum atomic E-state index is 13.9. The Labute approximate surface area is 184 Å². The molecule has 2 heterocycles. The van der Waals surface area contributed by atoms with E-state index < -0.39 is 11.6 Å². The van der Waals surface area contributed by atoms with Crippen molar-refractivity contribution in [3.8, 4) is 0 Å². The highest BCUT2D eigenvalue weighted by Crippen LogP contribution is 2.21. The fourth-order valence-corrected chi connectivity index (χ4v) is 3.73. The third-order valence-corrected chi connectivity index (χ3v) is 5.47. The van der Waals surface area contributed by atoms with Crippen molar-refractivity contribution in [2.45, 2.75) is 25.9 Å². The summed E-state index contributed by atoms with van der Waals surface area (Å²) in [6.07, 6.45) is 2.63. The summed E-state index contributed by atoms with van der Waals surface area (Å²) in [6, 6.07) is 13.3. The third kappa shape index (κ3) is 5.35. The predicted molar refractivity (Wildman–Crippen MR) is 112 cm³/mol. The number of carbonyl (C=O) groups is 2. The van der Waals surface area contributed by atoms with Crippen LogP contribution in [0, 0.1) is 17.6 Å². The van der Waals surface area contributed by atoms with Crippen LogP contribution in [0.2, 0.25) is 0 Å². The largest absolute Gasteiger partial charge is 0.350 e. The van der Waals surface area contributed by atoms with Crippen LogP contribution in [0.3, 0.4) is 0 Å². The number of hydrogen-bond donors (Lipinski definition) is 1. The summed E-state index contributed by atoms with van der Waals surface area (Å²) in [5, 5.41) is 10.7. The number of nitrogens with one attached hydrogen (secondary N) is 1. The van der Waals surface area contributed by atoms with Crippen molar-refractivity contribution in [1.82, 2.24) is 25.2 Å². The second-order valence-electron chi connectivity index (χ2n) is 7.89. The van der Waals surface area contributed by atoms with Gasteiger partial charge in [-0.2, -0.15) is 0 Å². The molecular formula is C23H23F2N5O2. The van der Waals surface area contributed by atoms with Crippen LogP contribution < -0.4 is 5.32 Å². The molecule has 1 aliphatic rings. The number of nitrogens with zero attached hydrogens (tertiary/aromatic N) is 4. The summed E-state index contributed by atoms with van der Waals surface area (Å²) in [5.41, 5.74) is 1.65. The van der Waals surface area contributed by atoms with Gasteiger partial charge in [0.1, 0.15) is 11.6 Å². The van der Waals surface area contributed by atoms with Crippen LogP contribution in [0.5, 0.6) is 0 Å². The van der Waals surface area contributed by atoms with Gasteiger partial charge in [-0.25, -0.2) is 8.78 Å². The van der Waals surface area contributed by atoms with Crippen molar-refractivity contribution >= 4 is 11.8 Å². The molecule has 0 spiro atoms. The summed E-state index contributed by atoms with van der Waals surface area (Å²) < 4.78 is 28.6. The Bertz CT molecular complexity index is 1100. The molecule has 1 aliphatic heterocycles. The van der Waals surface area contributed by atoms with Crippen molar-refractivity contribution in [1.29, 1.82) is 0 Å². The molecule has 4 rings (SSSR count). The summed E-state index contributed by atoms with van der Waals surface area (Å²) in [7, 11) is 0. The maximum Gasteiger partial charge on any atom is 0.273 e. The van der Waals surface area contributed by atoms with Crippen LogP contribution in [0.1, 0.15) is 28.0 Å². The number of carbonyl (C=O) groups excluding carboxylic acids is 2. The van der Waals surface area contributed by atoms with Gasteiger partial charge in [-0.15, -0.1) is 5.10 Å². The van der Waals surface area contributed by atoms with Gasteiger partial charge in [-0.3, -0.25) is 14.3 Å². The van der Waals surface area contributed by atoms with Crippen molar-refractivity contribution in [3.05, 3.63) is 83.2 Å². The average Bonchev–Trinajstić information content (AvgIpc) is 3.40. The van der Waals surface area contributed by atoms with E-state index in [0.717, 1.165) is 12.5 Å². The molecular weight excluding hydrogens is 416 g/mol. The van der Waals surface area contributed by atoms with Crippen molar-refractivity contribution < 1.29 is 18.4 Å². The van der Waals surface area contributed by atoms with Gasteiger partial charge in [-0.05, 0) is 18.1 Å². The van der Waals surface area contributed by atoms with Crippen LogP contribution in [0.15, 0.2) is 54.7 Å². The minimum atomic E-state index is -0.676. The summed E-state index contributed by atoms with van der Waals surface area (Å²) >= 11 is 0. The van der Waals surface area contributed by atoms with Gasteiger partial charge in [0.15, 0.2) is 5.69 Å². The number of rotatable bonds is 8. The molecule has 1 aromatic heterocycles. The number of halogens is 2. The Morgan fingerprint density at radius 2 is 1.97 bits per heavy atom. The molecule has 1 N–H and O–H groups in total. The highest BCUT2D eigenvalue weighted by atomic mass is 19.1. The van der Waals surface area contributed by atoms with Gasteiger partial charge in [0.25, 0.3) is 5.91 Å². The second-order valence-corrected chi connectivity index (χ2v) is 7.89. The zero-order valence-electron chi connectivity index (χ0n) is 17.4. The molecule has 7 nitrogen and oxygen atoms in total. The molecule has 0 saturated carbocycles. The van der Waals surface area contributed by atoms with E-state index in [1.54, 1.807) is 10.9 Å². The first-order valence-corrected chi connectivity index (χ1v) is 10.4. The maximum absolute atomic E-state index is 13.9. The van der Waals surface area contributed by atoms with Gasteiger partial charge >= 0.3 is 0 Å². The Morgan fingerprint density at radius 3 is 2.75 bits per heavy atom. The fourth-order valence-electron chi connectivity index (χ4n) is 3.73. The highest BCUT2D eigenvalue weighted by Gasteiger charge is 2.30. The molecule has 166 valence electrons. The molecule has 1 unspecified atom stereocenters. The Hall–Kier alpha value is -3.62. The number of benzene rings is 2. The molecule has 0 bridgehead atoms. The van der Waals surface area contributed by atoms with Gasteiger partial charge in [0.05, 0.1) is 6.20 Å². The fraction of sp³-hybridized carbons (Fsp3) is 0.304.